The Morgan fingerprint density at radius 1 is 1.31 bits per heavy atom. The summed E-state index contributed by atoms with van der Waals surface area (Å²) in [6, 6.07) is 8.83. The number of para-hydroxylation sites is 1. The lowest BCUT2D eigenvalue weighted by atomic mass is 10.3. The number of carbonyl (C=O) groups excluding carboxylic acids is 2. The number of nitrogens with zero attached hydrogens (tertiary/aromatic N) is 3. The van der Waals surface area contributed by atoms with Gasteiger partial charge in [0.25, 0.3) is 5.91 Å². The lowest BCUT2D eigenvalue weighted by Gasteiger charge is -2.09. The Balaban J connectivity index is 1.65. The normalized spacial score (nSPS) is 10.8. The highest BCUT2D eigenvalue weighted by molar-refractivity contribution is 7.12. The number of thiophene rings is 1. The van der Waals surface area contributed by atoms with Crippen LogP contribution in [0.2, 0.25) is 5.02 Å². The van der Waals surface area contributed by atoms with E-state index in [1.54, 1.807) is 29.8 Å². The highest BCUT2D eigenvalue weighted by Gasteiger charge is 2.18. The lowest BCUT2D eigenvalue weighted by molar-refractivity contribution is -0.111. The molecule has 8 nitrogen and oxygen atoms in total. The van der Waals surface area contributed by atoms with Crippen LogP contribution in [-0.4, -0.2) is 31.6 Å². The van der Waals surface area contributed by atoms with Gasteiger partial charge in [0.05, 0.1) is 38.9 Å². The van der Waals surface area contributed by atoms with Crippen LogP contribution < -0.4 is 10.6 Å². The van der Waals surface area contributed by atoms with E-state index in [4.69, 9.17) is 11.6 Å². The van der Waals surface area contributed by atoms with Crippen molar-refractivity contribution < 1.29 is 9.59 Å². The predicted octanol–water partition coefficient (Wildman–Crippen LogP) is 3.90. The number of fused-ring (bicyclic) bond motifs is 1. The summed E-state index contributed by atoms with van der Waals surface area (Å²) in [5.41, 5.74) is 2.74. The summed E-state index contributed by atoms with van der Waals surface area (Å²) in [7, 11) is 0. The standard InChI is InChI=1S/C19H15ClN6O2S/c1-2-16(27)22-12-8-15(29-10-12)18(28)24-19-23-14-5-3-4-13(20)17(14)26(19)9-11-6-7-21-25-11/h2-8,10H,1,9H2,(H,21,25)(H,22,27)(H,23,24,28). The van der Waals surface area contributed by atoms with Gasteiger partial charge in [-0.3, -0.25) is 20.0 Å². The van der Waals surface area contributed by atoms with Crippen molar-refractivity contribution in [2.75, 3.05) is 10.6 Å². The van der Waals surface area contributed by atoms with E-state index in [0.29, 0.717) is 39.1 Å². The van der Waals surface area contributed by atoms with Crippen molar-refractivity contribution in [3.63, 3.8) is 0 Å². The van der Waals surface area contributed by atoms with Crippen LogP contribution in [0.4, 0.5) is 11.6 Å². The van der Waals surface area contributed by atoms with Crippen molar-refractivity contribution in [3.05, 3.63) is 70.2 Å². The summed E-state index contributed by atoms with van der Waals surface area (Å²) in [6.07, 6.45) is 2.82. The van der Waals surface area contributed by atoms with Crippen LogP contribution in [0, 0.1) is 0 Å². The van der Waals surface area contributed by atoms with Gasteiger partial charge in [-0.05, 0) is 30.3 Å². The van der Waals surface area contributed by atoms with Gasteiger partial charge in [0.15, 0.2) is 0 Å². The minimum Gasteiger partial charge on any atom is -0.322 e. The number of hydrogen-bond donors (Lipinski definition) is 3. The Hall–Kier alpha value is -3.43. The average molecular weight is 427 g/mol. The first-order chi connectivity index (χ1) is 14.0. The second kappa shape index (κ2) is 7.90. The van der Waals surface area contributed by atoms with Gasteiger partial charge in [-0.15, -0.1) is 11.3 Å². The highest BCUT2D eigenvalue weighted by Crippen LogP contribution is 2.28. The van der Waals surface area contributed by atoms with Gasteiger partial charge in [0.1, 0.15) is 0 Å². The van der Waals surface area contributed by atoms with Crippen LogP contribution in [0.1, 0.15) is 15.4 Å². The number of benzene rings is 1. The molecule has 2 amide bonds. The highest BCUT2D eigenvalue weighted by atomic mass is 35.5. The maximum Gasteiger partial charge on any atom is 0.268 e. The molecular formula is C19H15ClN6O2S. The summed E-state index contributed by atoms with van der Waals surface area (Å²) in [5, 5.41) is 14.5. The fourth-order valence-corrected chi connectivity index (χ4v) is 3.82. The summed E-state index contributed by atoms with van der Waals surface area (Å²) >= 11 is 7.60. The molecule has 1 aromatic carbocycles. The zero-order chi connectivity index (χ0) is 20.4. The molecule has 29 heavy (non-hydrogen) atoms. The van der Waals surface area contributed by atoms with E-state index in [9.17, 15) is 9.59 Å². The van der Waals surface area contributed by atoms with E-state index in [1.165, 1.54) is 17.4 Å². The molecule has 0 bridgehead atoms. The third-order valence-corrected chi connectivity index (χ3v) is 5.34. The number of carbonyl (C=O) groups is 2. The molecule has 0 saturated heterocycles. The Kier molecular flexibility index (Phi) is 5.15. The fourth-order valence-electron chi connectivity index (χ4n) is 2.81. The molecule has 0 spiro atoms. The Morgan fingerprint density at radius 2 is 2.17 bits per heavy atom. The smallest absolute Gasteiger partial charge is 0.268 e. The molecule has 10 heteroatoms. The Labute approximate surface area is 174 Å². The molecular weight excluding hydrogens is 412 g/mol. The van der Waals surface area contributed by atoms with Gasteiger partial charge >= 0.3 is 0 Å². The summed E-state index contributed by atoms with van der Waals surface area (Å²) in [6.45, 7) is 3.81. The van der Waals surface area contributed by atoms with E-state index in [1.807, 2.05) is 16.7 Å². The maximum absolute atomic E-state index is 12.8. The first-order valence-corrected chi connectivity index (χ1v) is 9.77. The Bertz CT molecular complexity index is 1210. The van der Waals surface area contributed by atoms with Crippen molar-refractivity contribution in [1.29, 1.82) is 0 Å². The number of aromatic nitrogens is 4. The lowest BCUT2D eigenvalue weighted by Crippen LogP contribution is -2.15. The Morgan fingerprint density at radius 3 is 2.93 bits per heavy atom. The number of amides is 2. The topological polar surface area (TPSA) is 105 Å². The molecule has 4 aromatic rings. The first-order valence-electron chi connectivity index (χ1n) is 8.51. The second-order valence-electron chi connectivity index (χ2n) is 6.06. The molecule has 3 heterocycles. The van der Waals surface area contributed by atoms with E-state index < -0.39 is 0 Å². The zero-order valence-corrected chi connectivity index (χ0v) is 16.5. The monoisotopic (exact) mass is 426 g/mol. The van der Waals surface area contributed by atoms with Gasteiger partial charge in [-0.25, -0.2) is 4.98 Å². The van der Waals surface area contributed by atoms with Crippen molar-refractivity contribution in [2.45, 2.75) is 6.54 Å². The maximum atomic E-state index is 12.8. The minimum atomic E-state index is -0.342. The average Bonchev–Trinajstić information content (AvgIpc) is 3.44. The molecule has 0 unspecified atom stereocenters. The van der Waals surface area contributed by atoms with Gasteiger partial charge < -0.3 is 9.88 Å². The summed E-state index contributed by atoms with van der Waals surface area (Å²) in [5.74, 6) is -0.324. The molecule has 0 atom stereocenters. The number of aromatic amines is 1. The molecule has 0 aliphatic carbocycles. The van der Waals surface area contributed by atoms with Crippen molar-refractivity contribution in [3.8, 4) is 0 Å². The molecule has 0 aliphatic rings. The number of hydrogen-bond acceptors (Lipinski definition) is 5. The molecule has 146 valence electrons. The van der Waals surface area contributed by atoms with Gasteiger partial charge in [-0.1, -0.05) is 24.2 Å². The zero-order valence-electron chi connectivity index (χ0n) is 15.0. The SMILES string of the molecule is C=CC(=O)Nc1csc(C(=O)Nc2nc3cccc(Cl)c3n2Cc2ccn[nH]2)c1. The second-order valence-corrected chi connectivity index (χ2v) is 7.38. The number of rotatable bonds is 6. The molecule has 0 aliphatic heterocycles. The van der Waals surface area contributed by atoms with Crippen molar-refractivity contribution in [1.82, 2.24) is 19.7 Å². The molecule has 0 fully saturated rings. The molecule has 0 radical (unpaired) electrons. The van der Waals surface area contributed by atoms with E-state index in [0.717, 1.165) is 5.69 Å². The van der Waals surface area contributed by atoms with Gasteiger partial charge in [0.2, 0.25) is 11.9 Å². The van der Waals surface area contributed by atoms with Crippen LogP contribution in [0.25, 0.3) is 11.0 Å². The largest absolute Gasteiger partial charge is 0.322 e. The molecule has 3 N–H and O–H groups in total. The van der Waals surface area contributed by atoms with Gasteiger partial charge in [0, 0.05) is 11.6 Å². The van der Waals surface area contributed by atoms with Crippen molar-refractivity contribution in [2.24, 2.45) is 0 Å². The van der Waals surface area contributed by atoms with E-state index in [-0.39, 0.29) is 11.8 Å². The number of anilines is 2. The molecule has 3 aromatic heterocycles. The number of nitrogens with one attached hydrogen (secondary N) is 3. The van der Waals surface area contributed by atoms with E-state index in [2.05, 4.69) is 32.4 Å². The number of imidazole rings is 1. The first kappa shape index (κ1) is 18.9. The molecule has 4 rings (SSSR count). The third kappa shape index (κ3) is 3.91. The fraction of sp³-hybridized carbons (Fsp3) is 0.0526. The quantitative estimate of drug-likeness (QED) is 0.406. The van der Waals surface area contributed by atoms with Gasteiger partial charge in [-0.2, -0.15) is 5.10 Å². The van der Waals surface area contributed by atoms with Crippen LogP contribution in [0.15, 0.2) is 54.6 Å². The van der Waals surface area contributed by atoms with Crippen LogP contribution in [0.5, 0.6) is 0 Å². The van der Waals surface area contributed by atoms with Crippen molar-refractivity contribution >= 4 is 57.4 Å². The predicted molar refractivity (Wildman–Crippen MR) is 114 cm³/mol. The van der Waals surface area contributed by atoms with Crippen LogP contribution in [0.3, 0.4) is 0 Å². The summed E-state index contributed by atoms with van der Waals surface area (Å²) in [4.78, 5) is 29.1. The summed E-state index contributed by atoms with van der Waals surface area (Å²) < 4.78 is 1.82. The number of H-pyrrole nitrogens is 1. The van der Waals surface area contributed by atoms with Crippen LogP contribution >= 0.6 is 22.9 Å². The van der Waals surface area contributed by atoms with E-state index >= 15 is 0 Å². The van der Waals surface area contributed by atoms with Crippen LogP contribution in [-0.2, 0) is 11.3 Å². The number of halogens is 1. The minimum absolute atomic E-state index is 0.341. The molecule has 0 saturated carbocycles. The third-order valence-electron chi connectivity index (χ3n) is 4.11.